The van der Waals surface area contributed by atoms with E-state index in [1.807, 2.05) is 18.2 Å². The van der Waals surface area contributed by atoms with Crippen LogP contribution >= 0.6 is 11.6 Å². The van der Waals surface area contributed by atoms with Crippen molar-refractivity contribution < 1.29 is 14.2 Å². The number of hydrogen-bond donors (Lipinski definition) is 0. The highest BCUT2D eigenvalue weighted by Gasteiger charge is 2.39. The van der Waals surface area contributed by atoms with Crippen molar-refractivity contribution in [3.05, 3.63) is 23.2 Å². The van der Waals surface area contributed by atoms with Crippen LogP contribution in [0.3, 0.4) is 0 Å². The van der Waals surface area contributed by atoms with Gasteiger partial charge in [0.2, 0.25) is 0 Å². The number of benzene rings is 1. The lowest BCUT2D eigenvalue weighted by Crippen LogP contribution is -2.45. The van der Waals surface area contributed by atoms with Crippen molar-refractivity contribution in [2.45, 2.75) is 18.6 Å². The summed E-state index contributed by atoms with van der Waals surface area (Å²) >= 11 is 6.11. The minimum absolute atomic E-state index is 0.334. The fraction of sp³-hybridized carbons (Fsp3) is 0.571. The molecule has 2 fully saturated rings. The lowest BCUT2D eigenvalue weighted by atomic mass is 10.0. The molecule has 0 aliphatic carbocycles. The minimum Gasteiger partial charge on any atom is -0.497 e. The number of hydrogen-bond acceptors (Lipinski definition) is 4. The summed E-state index contributed by atoms with van der Waals surface area (Å²) < 4.78 is 16.7. The maximum Gasteiger partial charge on any atom is 0.171 e. The molecule has 19 heavy (non-hydrogen) atoms. The van der Waals surface area contributed by atoms with Crippen LogP contribution in [0.25, 0.3) is 0 Å². The second kappa shape index (κ2) is 5.19. The second-order valence-electron chi connectivity index (χ2n) is 4.94. The van der Waals surface area contributed by atoms with Gasteiger partial charge in [0, 0.05) is 42.7 Å². The van der Waals surface area contributed by atoms with Crippen molar-refractivity contribution in [3.8, 4) is 5.75 Å². The van der Waals surface area contributed by atoms with Crippen LogP contribution in [0.2, 0.25) is 5.02 Å². The Balaban J connectivity index is 1.72. The molecule has 2 aliphatic rings. The number of rotatable bonds is 2. The first-order valence-corrected chi connectivity index (χ1v) is 6.96. The number of halogens is 1. The van der Waals surface area contributed by atoms with Gasteiger partial charge in [0.15, 0.2) is 5.79 Å². The van der Waals surface area contributed by atoms with Crippen LogP contribution in [0.15, 0.2) is 18.2 Å². The molecule has 1 aromatic rings. The van der Waals surface area contributed by atoms with Gasteiger partial charge in [-0.2, -0.15) is 0 Å². The third kappa shape index (κ3) is 2.66. The molecule has 0 saturated carbocycles. The van der Waals surface area contributed by atoms with Gasteiger partial charge in [-0.05, 0) is 12.1 Å². The lowest BCUT2D eigenvalue weighted by Gasteiger charge is -2.38. The molecule has 0 unspecified atom stereocenters. The van der Waals surface area contributed by atoms with Crippen molar-refractivity contribution >= 4 is 17.3 Å². The van der Waals surface area contributed by atoms with Crippen molar-refractivity contribution in [2.24, 2.45) is 0 Å². The van der Waals surface area contributed by atoms with Crippen molar-refractivity contribution in [1.82, 2.24) is 0 Å². The van der Waals surface area contributed by atoms with E-state index in [9.17, 15) is 0 Å². The van der Waals surface area contributed by atoms with Gasteiger partial charge < -0.3 is 19.1 Å². The van der Waals surface area contributed by atoms with Crippen LogP contribution in [0.5, 0.6) is 5.75 Å². The zero-order valence-corrected chi connectivity index (χ0v) is 11.8. The quantitative estimate of drug-likeness (QED) is 0.835. The molecule has 1 spiro atoms. The molecule has 3 rings (SSSR count). The van der Waals surface area contributed by atoms with Gasteiger partial charge in [0.05, 0.1) is 20.3 Å². The average Bonchev–Trinajstić information content (AvgIpc) is 2.87. The molecule has 2 aliphatic heterocycles. The number of methoxy groups -OCH3 is 1. The van der Waals surface area contributed by atoms with Crippen molar-refractivity contribution in [1.29, 1.82) is 0 Å². The largest absolute Gasteiger partial charge is 0.497 e. The number of piperidine rings is 1. The van der Waals surface area contributed by atoms with Crippen LogP contribution in [-0.2, 0) is 9.47 Å². The Hall–Kier alpha value is -0.970. The maximum atomic E-state index is 6.11. The fourth-order valence-electron chi connectivity index (χ4n) is 2.74. The Morgan fingerprint density at radius 2 is 1.84 bits per heavy atom. The first-order chi connectivity index (χ1) is 9.21. The Labute approximate surface area is 118 Å². The molecule has 0 N–H and O–H groups in total. The molecule has 0 aromatic heterocycles. The van der Waals surface area contributed by atoms with E-state index in [-0.39, 0.29) is 5.79 Å². The van der Waals surface area contributed by atoms with E-state index < -0.39 is 0 Å². The molecule has 2 heterocycles. The predicted molar refractivity (Wildman–Crippen MR) is 74.1 cm³/mol. The van der Waals surface area contributed by atoms with Crippen LogP contribution in [0, 0.1) is 0 Å². The standard InChI is InChI=1S/C14H18ClNO3/c1-17-13-9-11(15)8-12(10-13)16-4-2-14(3-5-16)18-6-7-19-14/h8-10H,2-7H2,1H3. The molecule has 0 radical (unpaired) electrons. The van der Waals surface area contributed by atoms with Gasteiger partial charge in [-0.15, -0.1) is 0 Å². The average molecular weight is 284 g/mol. The number of ether oxygens (including phenoxy) is 3. The summed E-state index contributed by atoms with van der Waals surface area (Å²) in [7, 11) is 1.65. The Kier molecular flexibility index (Phi) is 3.56. The highest BCUT2D eigenvalue weighted by Crippen LogP contribution is 2.35. The van der Waals surface area contributed by atoms with Gasteiger partial charge >= 0.3 is 0 Å². The second-order valence-corrected chi connectivity index (χ2v) is 5.38. The van der Waals surface area contributed by atoms with Gasteiger partial charge in [-0.1, -0.05) is 11.6 Å². The van der Waals surface area contributed by atoms with E-state index >= 15 is 0 Å². The van der Waals surface area contributed by atoms with Crippen LogP contribution in [-0.4, -0.2) is 39.2 Å². The van der Waals surface area contributed by atoms with E-state index in [0.29, 0.717) is 18.2 Å². The summed E-state index contributed by atoms with van der Waals surface area (Å²) in [5, 5.41) is 0.697. The zero-order valence-electron chi connectivity index (χ0n) is 11.0. The first-order valence-electron chi connectivity index (χ1n) is 6.58. The summed E-state index contributed by atoms with van der Waals surface area (Å²) in [5.41, 5.74) is 1.09. The Morgan fingerprint density at radius 1 is 1.16 bits per heavy atom. The third-order valence-corrected chi connectivity index (χ3v) is 4.01. The maximum absolute atomic E-state index is 6.11. The van der Waals surface area contributed by atoms with E-state index in [1.165, 1.54) is 0 Å². The van der Waals surface area contributed by atoms with E-state index in [0.717, 1.165) is 37.4 Å². The summed E-state index contributed by atoms with van der Waals surface area (Å²) in [5.74, 6) is 0.454. The monoisotopic (exact) mass is 283 g/mol. The van der Waals surface area contributed by atoms with Crippen molar-refractivity contribution in [3.63, 3.8) is 0 Å². The topological polar surface area (TPSA) is 30.9 Å². The van der Waals surface area contributed by atoms with E-state index in [1.54, 1.807) is 7.11 Å². The molecule has 5 heteroatoms. The molecule has 0 bridgehead atoms. The van der Waals surface area contributed by atoms with E-state index in [2.05, 4.69) is 4.90 Å². The Bertz CT molecular complexity index is 450. The van der Waals surface area contributed by atoms with Gasteiger partial charge in [0.25, 0.3) is 0 Å². The molecular weight excluding hydrogens is 266 g/mol. The zero-order chi connectivity index (χ0) is 13.3. The minimum atomic E-state index is -0.334. The van der Waals surface area contributed by atoms with Crippen LogP contribution < -0.4 is 9.64 Å². The third-order valence-electron chi connectivity index (χ3n) is 3.80. The SMILES string of the molecule is COc1cc(Cl)cc(N2CCC3(CC2)OCCO3)c1. The van der Waals surface area contributed by atoms with E-state index in [4.69, 9.17) is 25.8 Å². The van der Waals surface area contributed by atoms with Gasteiger partial charge in [-0.25, -0.2) is 0 Å². The lowest BCUT2D eigenvalue weighted by molar-refractivity contribution is -0.169. The number of anilines is 1. The summed E-state index contributed by atoms with van der Waals surface area (Å²) in [4.78, 5) is 2.30. The fourth-order valence-corrected chi connectivity index (χ4v) is 2.96. The highest BCUT2D eigenvalue weighted by molar-refractivity contribution is 6.31. The summed E-state index contributed by atoms with van der Waals surface area (Å²) in [6.45, 7) is 3.24. The molecular formula is C14H18ClNO3. The normalized spacial score (nSPS) is 21.9. The van der Waals surface area contributed by atoms with Crippen molar-refractivity contribution in [2.75, 3.05) is 38.3 Å². The summed E-state index contributed by atoms with van der Waals surface area (Å²) in [6.07, 6.45) is 1.78. The molecule has 4 nitrogen and oxygen atoms in total. The molecule has 2 saturated heterocycles. The molecule has 0 atom stereocenters. The highest BCUT2D eigenvalue weighted by atomic mass is 35.5. The predicted octanol–water partition coefficient (Wildman–Crippen LogP) is 2.69. The number of nitrogens with zero attached hydrogens (tertiary/aromatic N) is 1. The van der Waals surface area contributed by atoms with Crippen LogP contribution in [0.4, 0.5) is 5.69 Å². The van der Waals surface area contributed by atoms with Crippen LogP contribution in [0.1, 0.15) is 12.8 Å². The molecule has 104 valence electrons. The first kappa shape index (κ1) is 13.0. The molecule has 0 amide bonds. The Morgan fingerprint density at radius 3 is 2.47 bits per heavy atom. The smallest absolute Gasteiger partial charge is 0.171 e. The van der Waals surface area contributed by atoms with Gasteiger partial charge in [-0.3, -0.25) is 0 Å². The molecule has 1 aromatic carbocycles. The summed E-state index contributed by atoms with van der Waals surface area (Å²) in [6, 6.07) is 5.80. The van der Waals surface area contributed by atoms with Gasteiger partial charge in [0.1, 0.15) is 5.75 Å².